The second-order valence-corrected chi connectivity index (χ2v) is 4.89. The quantitative estimate of drug-likeness (QED) is 0.829. The van der Waals surface area contributed by atoms with Gasteiger partial charge in [0, 0.05) is 17.6 Å². The van der Waals surface area contributed by atoms with Crippen molar-refractivity contribution in [3.63, 3.8) is 0 Å². The van der Waals surface area contributed by atoms with Crippen molar-refractivity contribution in [2.24, 2.45) is 5.92 Å². The number of aromatic nitrogens is 1. The van der Waals surface area contributed by atoms with Crippen LogP contribution < -0.4 is 0 Å². The maximum Gasteiger partial charge on any atom is 0.307 e. The number of rotatable bonds is 6. The first kappa shape index (κ1) is 13.1. The Labute approximate surface area is 99.9 Å². The van der Waals surface area contributed by atoms with Gasteiger partial charge in [-0.3, -0.25) is 9.69 Å². The second kappa shape index (κ2) is 5.96. The van der Waals surface area contributed by atoms with Gasteiger partial charge in [-0.25, -0.2) is 4.98 Å². The number of nitrogens with zero attached hydrogens (tertiary/aromatic N) is 2. The molecule has 0 radical (unpaired) electrons. The number of carboxylic acid groups (broad SMARTS) is 1. The van der Waals surface area contributed by atoms with Crippen LogP contribution in [0.3, 0.4) is 0 Å². The van der Waals surface area contributed by atoms with Gasteiger partial charge in [-0.05, 0) is 13.5 Å². The van der Waals surface area contributed by atoms with Crippen LogP contribution in [-0.4, -0.2) is 34.0 Å². The van der Waals surface area contributed by atoms with E-state index in [0.29, 0.717) is 6.54 Å². The summed E-state index contributed by atoms with van der Waals surface area (Å²) in [5, 5.41) is 11.9. The number of hydrogen-bond donors (Lipinski definition) is 1. The molecule has 0 spiro atoms. The molecule has 1 aromatic heterocycles. The van der Waals surface area contributed by atoms with E-state index in [4.69, 9.17) is 5.11 Å². The largest absolute Gasteiger partial charge is 0.481 e. The van der Waals surface area contributed by atoms with Gasteiger partial charge in [0.1, 0.15) is 5.01 Å². The fourth-order valence-electron chi connectivity index (χ4n) is 1.44. The summed E-state index contributed by atoms with van der Waals surface area (Å²) in [6.07, 6.45) is 0. The van der Waals surface area contributed by atoms with Crippen LogP contribution in [0.25, 0.3) is 0 Å². The molecule has 0 aromatic carbocycles. The lowest BCUT2D eigenvalue weighted by Crippen LogP contribution is -2.31. The summed E-state index contributed by atoms with van der Waals surface area (Å²) < 4.78 is 0. The van der Waals surface area contributed by atoms with E-state index in [2.05, 4.69) is 9.88 Å². The average molecular weight is 242 g/mol. The van der Waals surface area contributed by atoms with Crippen molar-refractivity contribution in [2.75, 3.05) is 13.1 Å². The van der Waals surface area contributed by atoms with Crippen LogP contribution in [-0.2, 0) is 11.3 Å². The highest BCUT2D eigenvalue weighted by Gasteiger charge is 2.16. The molecule has 0 saturated heterocycles. The molecule has 1 heterocycles. The molecule has 0 bridgehead atoms. The van der Waals surface area contributed by atoms with Gasteiger partial charge in [-0.15, -0.1) is 11.3 Å². The third-order valence-electron chi connectivity index (χ3n) is 2.43. The highest BCUT2D eigenvalue weighted by molar-refractivity contribution is 7.09. The first-order valence-electron chi connectivity index (χ1n) is 5.39. The number of carboxylic acids is 1. The standard InChI is InChI=1S/C11H18N2O2S/c1-4-13(5-8(2)11(14)15)6-10-12-9(3)7-16-10/h7-8H,4-6H2,1-3H3,(H,14,15). The average Bonchev–Trinajstić information content (AvgIpc) is 2.62. The summed E-state index contributed by atoms with van der Waals surface area (Å²) in [5.74, 6) is -1.07. The predicted molar refractivity (Wildman–Crippen MR) is 64.6 cm³/mol. The number of hydrogen-bond acceptors (Lipinski definition) is 4. The van der Waals surface area contributed by atoms with Gasteiger partial charge in [-0.2, -0.15) is 0 Å². The summed E-state index contributed by atoms with van der Waals surface area (Å²) in [5.41, 5.74) is 1.03. The molecule has 0 saturated carbocycles. The maximum atomic E-state index is 10.8. The van der Waals surface area contributed by atoms with E-state index in [1.54, 1.807) is 18.3 Å². The SMILES string of the molecule is CCN(Cc1nc(C)cs1)CC(C)C(=O)O. The van der Waals surface area contributed by atoms with E-state index < -0.39 is 5.97 Å². The summed E-state index contributed by atoms with van der Waals surface area (Å²) >= 11 is 1.63. The van der Waals surface area contributed by atoms with Crippen molar-refractivity contribution in [1.29, 1.82) is 0 Å². The normalized spacial score (nSPS) is 13.0. The van der Waals surface area contributed by atoms with Crippen molar-refractivity contribution in [1.82, 2.24) is 9.88 Å². The number of aryl methyl sites for hydroxylation is 1. The first-order chi connectivity index (χ1) is 7.52. The number of thiazole rings is 1. The zero-order chi connectivity index (χ0) is 12.1. The van der Waals surface area contributed by atoms with Gasteiger partial charge in [-0.1, -0.05) is 13.8 Å². The molecule has 4 nitrogen and oxygen atoms in total. The fraction of sp³-hybridized carbons (Fsp3) is 0.636. The van der Waals surface area contributed by atoms with Crippen molar-refractivity contribution in [3.8, 4) is 0 Å². The molecule has 1 aromatic rings. The Morgan fingerprint density at radius 1 is 1.69 bits per heavy atom. The molecule has 0 fully saturated rings. The van der Waals surface area contributed by atoms with Gasteiger partial charge in [0.05, 0.1) is 12.5 Å². The molecule has 0 aliphatic carbocycles. The molecular formula is C11H18N2O2S. The molecule has 0 aliphatic rings. The lowest BCUT2D eigenvalue weighted by atomic mass is 10.2. The zero-order valence-corrected chi connectivity index (χ0v) is 10.8. The fourth-order valence-corrected chi connectivity index (χ4v) is 2.25. The first-order valence-corrected chi connectivity index (χ1v) is 6.27. The van der Waals surface area contributed by atoms with Gasteiger partial charge in [0.25, 0.3) is 0 Å². The molecule has 90 valence electrons. The van der Waals surface area contributed by atoms with Crippen LogP contribution in [0.1, 0.15) is 24.5 Å². The van der Waals surface area contributed by atoms with Crippen LogP contribution in [0.4, 0.5) is 0 Å². The van der Waals surface area contributed by atoms with E-state index >= 15 is 0 Å². The smallest absolute Gasteiger partial charge is 0.307 e. The number of carbonyl (C=O) groups is 1. The maximum absolute atomic E-state index is 10.8. The zero-order valence-electron chi connectivity index (χ0n) is 9.93. The molecule has 1 rings (SSSR count). The molecular weight excluding hydrogens is 224 g/mol. The molecule has 16 heavy (non-hydrogen) atoms. The Morgan fingerprint density at radius 2 is 2.38 bits per heavy atom. The minimum atomic E-state index is -0.742. The topological polar surface area (TPSA) is 53.4 Å². The molecule has 1 atom stereocenters. The molecule has 1 N–H and O–H groups in total. The predicted octanol–water partition coefficient (Wildman–Crippen LogP) is 1.99. The van der Waals surface area contributed by atoms with Crippen molar-refractivity contribution in [3.05, 3.63) is 16.1 Å². The summed E-state index contributed by atoms with van der Waals surface area (Å²) in [6, 6.07) is 0. The van der Waals surface area contributed by atoms with Crippen molar-refractivity contribution in [2.45, 2.75) is 27.3 Å². The van der Waals surface area contributed by atoms with Gasteiger partial charge < -0.3 is 5.11 Å². The summed E-state index contributed by atoms with van der Waals surface area (Å²) in [6.45, 7) is 7.90. The van der Waals surface area contributed by atoms with Crippen LogP contribution >= 0.6 is 11.3 Å². The van der Waals surface area contributed by atoms with Crippen LogP contribution in [0, 0.1) is 12.8 Å². The van der Waals surface area contributed by atoms with E-state index in [1.807, 2.05) is 19.2 Å². The Kier molecular flexibility index (Phi) is 4.89. The Morgan fingerprint density at radius 3 is 2.81 bits per heavy atom. The van der Waals surface area contributed by atoms with Crippen LogP contribution in [0.5, 0.6) is 0 Å². The lowest BCUT2D eigenvalue weighted by Gasteiger charge is -2.21. The van der Waals surface area contributed by atoms with Gasteiger partial charge >= 0.3 is 5.97 Å². The highest BCUT2D eigenvalue weighted by Crippen LogP contribution is 2.12. The molecule has 5 heteroatoms. The highest BCUT2D eigenvalue weighted by atomic mass is 32.1. The third kappa shape index (κ3) is 3.90. The molecule has 0 aliphatic heterocycles. The molecule has 0 amide bonds. The van der Waals surface area contributed by atoms with Crippen LogP contribution in [0.15, 0.2) is 5.38 Å². The minimum absolute atomic E-state index is 0.332. The van der Waals surface area contributed by atoms with Crippen molar-refractivity contribution >= 4 is 17.3 Å². The van der Waals surface area contributed by atoms with Gasteiger partial charge in [0.15, 0.2) is 0 Å². The third-order valence-corrected chi connectivity index (χ3v) is 3.38. The minimum Gasteiger partial charge on any atom is -0.481 e. The van der Waals surface area contributed by atoms with E-state index in [-0.39, 0.29) is 5.92 Å². The Hall–Kier alpha value is -0.940. The van der Waals surface area contributed by atoms with Crippen LogP contribution in [0.2, 0.25) is 0 Å². The van der Waals surface area contributed by atoms with E-state index in [9.17, 15) is 4.79 Å². The van der Waals surface area contributed by atoms with Crippen molar-refractivity contribution < 1.29 is 9.90 Å². The van der Waals surface area contributed by atoms with E-state index in [1.165, 1.54) is 0 Å². The number of aliphatic carboxylic acids is 1. The summed E-state index contributed by atoms with van der Waals surface area (Å²) in [4.78, 5) is 17.3. The van der Waals surface area contributed by atoms with E-state index in [0.717, 1.165) is 23.8 Å². The second-order valence-electron chi connectivity index (χ2n) is 3.95. The lowest BCUT2D eigenvalue weighted by molar-refractivity contribution is -0.141. The Bertz CT molecular complexity index is 352. The Balaban J connectivity index is 2.52. The summed E-state index contributed by atoms with van der Waals surface area (Å²) in [7, 11) is 0. The molecule has 1 unspecified atom stereocenters. The van der Waals surface area contributed by atoms with Gasteiger partial charge in [0.2, 0.25) is 0 Å². The monoisotopic (exact) mass is 242 g/mol.